The molecule has 0 aliphatic carbocycles. The third-order valence-electron chi connectivity index (χ3n) is 4.04. The number of ether oxygens (including phenoxy) is 1. The van der Waals surface area contributed by atoms with Crippen LogP contribution in [0.5, 0.6) is 0 Å². The van der Waals surface area contributed by atoms with E-state index in [-0.39, 0.29) is 12.3 Å². The predicted octanol–water partition coefficient (Wildman–Crippen LogP) is 4.48. The second-order valence-electron chi connectivity index (χ2n) is 7.44. The van der Waals surface area contributed by atoms with Crippen LogP contribution in [-0.4, -0.2) is 28.2 Å². The fourth-order valence-corrected chi connectivity index (χ4v) is 2.78. The van der Waals surface area contributed by atoms with Crippen molar-refractivity contribution in [3.63, 3.8) is 0 Å². The summed E-state index contributed by atoms with van der Waals surface area (Å²) >= 11 is 0. The molecule has 0 atom stereocenters. The highest BCUT2D eigenvalue weighted by molar-refractivity contribution is 6.47. The summed E-state index contributed by atoms with van der Waals surface area (Å²) < 4.78 is 5.25. The molecule has 1 amide bonds. The number of amides is 1. The number of hydrogen-bond acceptors (Lipinski definition) is 5. The van der Waals surface area contributed by atoms with Gasteiger partial charge in [-0.3, -0.25) is 9.78 Å². The van der Waals surface area contributed by atoms with Gasteiger partial charge >= 0.3 is 6.09 Å². The van der Waals surface area contributed by atoms with Gasteiger partial charge in [-0.1, -0.05) is 30.4 Å². The molecule has 1 aliphatic rings. The number of pyridine rings is 1. The van der Waals surface area contributed by atoms with Crippen LogP contribution in [0.4, 0.5) is 10.5 Å². The minimum Gasteiger partial charge on any atom is -0.444 e. The molecular weight excluding hydrogens is 354 g/mol. The third-order valence-corrected chi connectivity index (χ3v) is 4.04. The number of carbonyl (C=O) groups is 2. The van der Waals surface area contributed by atoms with Gasteiger partial charge in [0.1, 0.15) is 5.60 Å². The molecule has 6 heteroatoms. The molecule has 0 saturated carbocycles. The van der Waals surface area contributed by atoms with Crippen LogP contribution in [0.25, 0.3) is 6.08 Å². The van der Waals surface area contributed by atoms with Crippen molar-refractivity contribution >= 4 is 29.4 Å². The lowest BCUT2D eigenvalue weighted by Gasteiger charge is -2.20. The third kappa shape index (κ3) is 4.91. The Morgan fingerprint density at radius 2 is 1.96 bits per heavy atom. The van der Waals surface area contributed by atoms with Crippen LogP contribution in [-0.2, 0) is 11.3 Å². The molecule has 28 heavy (non-hydrogen) atoms. The van der Waals surface area contributed by atoms with Crippen molar-refractivity contribution in [3.8, 4) is 0 Å². The Labute approximate surface area is 164 Å². The fraction of sp³-hybridized carbons (Fsp3) is 0.273. The minimum atomic E-state index is -0.588. The van der Waals surface area contributed by atoms with Gasteiger partial charge in [-0.15, -0.1) is 0 Å². The Morgan fingerprint density at radius 1 is 1.18 bits per heavy atom. The zero-order valence-electron chi connectivity index (χ0n) is 16.2. The molecule has 1 N–H and O–H groups in total. The van der Waals surface area contributed by atoms with E-state index in [1.165, 1.54) is 6.20 Å². The molecule has 3 rings (SSSR count). The number of benzene rings is 1. The topological polar surface area (TPSA) is 80.6 Å². The van der Waals surface area contributed by atoms with Crippen LogP contribution >= 0.6 is 0 Å². The quantitative estimate of drug-likeness (QED) is 0.797. The monoisotopic (exact) mass is 377 g/mol. The van der Waals surface area contributed by atoms with Crippen LogP contribution in [0.1, 0.15) is 48.7 Å². The van der Waals surface area contributed by atoms with Gasteiger partial charge in [-0.05, 0) is 44.0 Å². The van der Waals surface area contributed by atoms with Gasteiger partial charge in [0.15, 0.2) is 0 Å². The van der Waals surface area contributed by atoms with E-state index in [0.717, 1.165) is 11.3 Å². The van der Waals surface area contributed by atoms with E-state index in [4.69, 9.17) is 4.74 Å². The van der Waals surface area contributed by atoms with Gasteiger partial charge in [0, 0.05) is 30.9 Å². The molecule has 0 saturated heterocycles. The molecule has 0 unspecified atom stereocenters. The maximum atomic E-state index is 13.1. The number of nitrogens with one attached hydrogen (secondary N) is 1. The molecule has 1 aromatic heterocycles. The number of rotatable bonds is 4. The Hall–Kier alpha value is -3.28. The van der Waals surface area contributed by atoms with E-state index in [1.54, 1.807) is 33.0 Å². The average molecular weight is 377 g/mol. The number of fused-ring (bicyclic) bond motifs is 1. The summed E-state index contributed by atoms with van der Waals surface area (Å²) in [6.07, 6.45) is 6.89. The average Bonchev–Trinajstić information content (AvgIpc) is 2.87. The van der Waals surface area contributed by atoms with Crippen LogP contribution in [0.15, 0.2) is 53.8 Å². The van der Waals surface area contributed by atoms with Gasteiger partial charge in [0.2, 0.25) is 5.78 Å². The highest BCUT2D eigenvalue weighted by Gasteiger charge is 2.20. The molecule has 1 aliphatic heterocycles. The number of aromatic nitrogens is 1. The minimum absolute atomic E-state index is 0.165. The number of para-hydroxylation sites is 1. The van der Waals surface area contributed by atoms with Crippen LogP contribution in [0, 0.1) is 0 Å². The van der Waals surface area contributed by atoms with Gasteiger partial charge in [-0.2, -0.15) is 0 Å². The largest absolute Gasteiger partial charge is 0.444 e. The molecule has 0 bridgehead atoms. The summed E-state index contributed by atoms with van der Waals surface area (Å²) in [5, 5.41) is 2.69. The number of carbonyl (C=O) groups excluding carboxylic acids is 2. The van der Waals surface area contributed by atoms with Gasteiger partial charge < -0.3 is 10.1 Å². The molecule has 2 aromatic rings. The highest BCUT2D eigenvalue weighted by Crippen LogP contribution is 2.25. The Bertz CT molecular complexity index is 955. The number of allylic oxidation sites excluding steroid dienone is 1. The summed E-state index contributed by atoms with van der Waals surface area (Å²) in [6.45, 7) is 5.55. The lowest BCUT2D eigenvalue weighted by molar-refractivity contribution is 0.0523. The Kier molecular flexibility index (Phi) is 5.68. The summed E-state index contributed by atoms with van der Waals surface area (Å²) in [5.41, 5.74) is 2.67. The van der Waals surface area contributed by atoms with Crippen molar-refractivity contribution < 1.29 is 14.3 Å². The van der Waals surface area contributed by atoms with E-state index in [2.05, 4.69) is 15.3 Å². The normalized spacial score (nSPS) is 13.2. The van der Waals surface area contributed by atoms with E-state index in [9.17, 15) is 9.59 Å². The SMILES string of the molecule is CC(C)(C)OC(=O)NCc1ccncc1C(=O)C1=Nc2ccccc2C=CC1. The van der Waals surface area contributed by atoms with E-state index in [0.29, 0.717) is 23.3 Å². The zero-order chi connectivity index (χ0) is 20.1. The van der Waals surface area contributed by atoms with Crippen LogP contribution < -0.4 is 5.32 Å². The number of hydrogen-bond donors (Lipinski definition) is 1. The second-order valence-corrected chi connectivity index (χ2v) is 7.44. The van der Waals surface area contributed by atoms with Crippen molar-refractivity contribution in [2.45, 2.75) is 39.3 Å². The van der Waals surface area contributed by atoms with Crippen LogP contribution in [0.2, 0.25) is 0 Å². The Morgan fingerprint density at radius 3 is 2.75 bits per heavy atom. The summed E-state index contributed by atoms with van der Waals surface area (Å²) in [7, 11) is 0. The first kappa shape index (κ1) is 19.5. The number of nitrogens with zero attached hydrogens (tertiary/aromatic N) is 2. The van der Waals surface area contributed by atoms with Gasteiger partial charge in [-0.25, -0.2) is 9.79 Å². The number of alkyl carbamates (subject to hydrolysis) is 1. The molecule has 1 aromatic carbocycles. The van der Waals surface area contributed by atoms with E-state index >= 15 is 0 Å². The molecule has 0 spiro atoms. The van der Waals surface area contributed by atoms with Crippen molar-refractivity contribution in [2.24, 2.45) is 4.99 Å². The van der Waals surface area contributed by atoms with E-state index < -0.39 is 11.7 Å². The first-order valence-corrected chi connectivity index (χ1v) is 9.11. The van der Waals surface area contributed by atoms with Gasteiger partial charge in [0.05, 0.1) is 11.4 Å². The fourth-order valence-electron chi connectivity index (χ4n) is 2.78. The lowest BCUT2D eigenvalue weighted by atomic mass is 10.0. The zero-order valence-corrected chi connectivity index (χ0v) is 16.2. The first-order chi connectivity index (χ1) is 13.3. The number of Topliss-reactive ketones (excluding diaryl/α,β-unsaturated/α-hetero) is 1. The maximum absolute atomic E-state index is 13.1. The first-order valence-electron chi connectivity index (χ1n) is 9.11. The van der Waals surface area contributed by atoms with Crippen molar-refractivity contribution in [1.29, 1.82) is 0 Å². The number of aliphatic imine (C=N–C) groups is 1. The molecule has 0 fully saturated rings. The molecular formula is C22H23N3O3. The molecule has 2 heterocycles. The summed E-state index contributed by atoms with van der Waals surface area (Å²) in [6, 6.07) is 9.39. The highest BCUT2D eigenvalue weighted by atomic mass is 16.6. The molecule has 6 nitrogen and oxygen atoms in total. The van der Waals surface area contributed by atoms with Crippen molar-refractivity contribution in [3.05, 3.63) is 65.5 Å². The van der Waals surface area contributed by atoms with E-state index in [1.807, 2.05) is 36.4 Å². The van der Waals surface area contributed by atoms with Crippen molar-refractivity contribution in [1.82, 2.24) is 10.3 Å². The van der Waals surface area contributed by atoms with Crippen molar-refractivity contribution in [2.75, 3.05) is 0 Å². The maximum Gasteiger partial charge on any atom is 0.407 e. The summed E-state index contributed by atoms with van der Waals surface area (Å²) in [4.78, 5) is 33.7. The lowest BCUT2D eigenvalue weighted by Crippen LogP contribution is -2.32. The molecule has 0 radical (unpaired) electrons. The standard InChI is InChI=1S/C22H23N3O3/c1-22(2,3)28-21(27)24-13-16-11-12-23-14-17(16)20(26)19-10-6-8-15-7-4-5-9-18(15)25-19/h4-9,11-12,14H,10,13H2,1-3H3,(H,24,27). The van der Waals surface area contributed by atoms with Gasteiger partial charge in [0.25, 0.3) is 0 Å². The summed E-state index contributed by atoms with van der Waals surface area (Å²) in [5.74, 6) is -0.199. The predicted molar refractivity (Wildman–Crippen MR) is 109 cm³/mol. The number of ketones is 1. The Balaban J connectivity index is 1.81. The molecule has 144 valence electrons. The second kappa shape index (κ2) is 8.17. The van der Waals surface area contributed by atoms with Crippen LogP contribution in [0.3, 0.4) is 0 Å². The smallest absolute Gasteiger partial charge is 0.407 e.